The van der Waals surface area contributed by atoms with Crippen molar-refractivity contribution in [3.8, 4) is 5.75 Å². The number of rotatable bonds is 4. The lowest BCUT2D eigenvalue weighted by Gasteiger charge is -2.39. The Labute approximate surface area is 171 Å². The molecule has 3 heterocycles. The van der Waals surface area contributed by atoms with Gasteiger partial charge in [-0.2, -0.15) is 0 Å². The minimum absolute atomic E-state index is 0.0230. The van der Waals surface area contributed by atoms with Crippen molar-refractivity contribution < 1.29 is 14.3 Å². The Morgan fingerprint density at radius 1 is 1.21 bits per heavy atom. The number of likely N-dealkylation sites (tertiary alicyclic amines) is 2. The van der Waals surface area contributed by atoms with E-state index >= 15 is 0 Å². The number of nitrogens with zero attached hydrogens (tertiary/aromatic N) is 3. The van der Waals surface area contributed by atoms with E-state index in [0.29, 0.717) is 25.2 Å². The number of ether oxygens (including phenoxy) is 1. The Hall–Kier alpha value is -2.89. The van der Waals surface area contributed by atoms with Crippen LogP contribution in [0.25, 0.3) is 0 Å². The molecule has 0 aliphatic carbocycles. The largest absolute Gasteiger partial charge is 0.497 e. The zero-order chi connectivity index (χ0) is 20.4. The van der Waals surface area contributed by atoms with Crippen LogP contribution in [0.4, 0.5) is 0 Å². The third-order valence-corrected chi connectivity index (χ3v) is 6.21. The monoisotopic (exact) mass is 393 g/mol. The first-order chi connectivity index (χ1) is 14.0. The summed E-state index contributed by atoms with van der Waals surface area (Å²) in [6.07, 6.45) is 4.23. The number of hydrogen-bond donors (Lipinski definition) is 0. The van der Waals surface area contributed by atoms with Crippen molar-refractivity contribution in [3.63, 3.8) is 0 Å². The maximum atomic E-state index is 13.4. The van der Waals surface area contributed by atoms with Crippen molar-refractivity contribution >= 4 is 11.8 Å². The lowest BCUT2D eigenvalue weighted by Crippen LogP contribution is -2.50. The molecule has 1 aromatic carbocycles. The first-order valence-electron chi connectivity index (χ1n) is 10.2. The van der Waals surface area contributed by atoms with Crippen molar-refractivity contribution in [2.75, 3.05) is 26.7 Å². The average Bonchev–Trinajstić information content (AvgIpc) is 3.16. The van der Waals surface area contributed by atoms with E-state index in [4.69, 9.17) is 4.74 Å². The maximum absolute atomic E-state index is 13.4. The van der Waals surface area contributed by atoms with Crippen LogP contribution in [0.2, 0.25) is 0 Å². The summed E-state index contributed by atoms with van der Waals surface area (Å²) in [5.74, 6) is 0.945. The Morgan fingerprint density at radius 3 is 2.86 bits per heavy atom. The minimum Gasteiger partial charge on any atom is -0.497 e. The Bertz CT molecular complexity index is 929. The van der Waals surface area contributed by atoms with Crippen molar-refractivity contribution in [2.24, 2.45) is 5.41 Å². The second-order valence-electron chi connectivity index (χ2n) is 8.08. The maximum Gasteiger partial charge on any atom is 0.255 e. The molecule has 1 spiro atoms. The van der Waals surface area contributed by atoms with Crippen LogP contribution < -0.4 is 4.74 Å². The van der Waals surface area contributed by atoms with Gasteiger partial charge in [-0.05, 0) is 56.0 Å². The zero-order valence-electron chi connectivity index (χ0n) is 17.1. The van der Waals surface area contributed by atoms with Gasteiger partial charge in [0.1, 0.15) is 5.75 Å². The zero-order valence-corrected chi connectivity index (χ0v) is 17.1. The van der Waals surface area contributed by atoms with E-state index in [9.17, 15) is 9.59 Å². The molecule has 1 atom stereocenters. The van der Waals surface area contributed by atoms with E-state index < -0.39 is 5.41 Å². The molecular weight excluding hydrogens is 366 g/mol. The highest BCUT2D eigenvalue weighted by Gasteiger charge is 2.49. The highest BCUT2D eigenvalue weighted by Crippen LogP contribution is 2.41. The Kier molecular flexibility index (Phi) is 5.26. The van der Waals surface area contributed by atoms with Gasteiger partial charge in [-0.25, -0.2) is 0 Å². The van der Waals surface area contributed by atoms with E-state index in [1.165, 1.54) is 0 Å². The molecule has 2 aliphatic rings. The van der Waals surface area contributed by atoms with Gasteiger partial charge in [0, 0.05) is 38.1 Å². The summed E-state index contributed by atoms with van der Waals surface area (Å²) in [6, 6.07) is 11.5. The predicted molar refractivity (Wildman–Crippen MR) is 110 cm³/mol. The van der Waals surface area contributed by atoms with E-state index in [0.717, 1.165) is 42.8 Å². The molecule has 2 aromatic rings. The van der Waals surface area contributed by atoms with Gasteiger partial charge < -0.3 is 14.5 Å². The van der Waals surface area contributed by atoms with E-state index in [1.54, 1.807) is 19.4 Å². The summed E-state index contributed by atoms with van der Waals surface area (Å²) in [7, 11) is 1.65. The van der Waals surface area contributed by atoms with E-state index in [-0.39, 0.29) is 11.8 Å². The fourth-order valence-electron chi connectivity index (χ4n) is 4.60. The highest BCUT2D eigenvalue weighted by atomic mass is 16.5. The lowest BCUT2D eigenvalue weighted by atomic mass is 9.78. The van der Waals surface area contributed by atoms with E-state index in [1.807, 2.05) is 47.1 Å². The molecule has 2 amide bonds. The van der Waals surface area contributed by atoms with Crippen molar-refractivity contribution in [3.05, 3.63) is 59.4 Å². The number of aromatic nitrogens is 1. The molecule has 0 bridgehead atoms. The number of methoxy groups -OCH3 is 1. The molecule has 2 fully saturated rings. The molecule has 0 saturated carbocycles. The third kappa shape index (κ3) is 3.71. The van der Waals surface area contributed by atoms with Crippen LogP contribution in [-0.4, -0.2) is 53.3 Å². The number of hydrogen-bond acceptors (Lipinski definition) is 4. The van der Waals surface area contributed by atoms with Crippen LogP contribution >= 0.6 is 0 Å². The summed E-state index contributed by atoms with van der Waals surface area (Å²) in [4.78, 5) is 34.4. The quantitative estimate of drug-likeness (QED) is 0.801. The number of aryl methyl sites for hydroxylation is 1. The van der Waals surface area contributed by atoms with Gasteiger partial charge in [0.2, 0.25) is 5.91 Å². The van der Waals surface area contributed by atoms with E-state index in [2.05, 4.69) is 4.98 Å². The molecule has 6 nitrogen and oxygen atoms in total. The highest BCUT2D eigenvalue weighted by molar-refractivity contribution is 5.96. The van der Waals surface area contributed by atoms with Crippen molar-refractivity contribution in [2.45, 2.75) is 32.7 Å². The number of benzene rings is 1. The van der Waals surface area contributed by atoms with Crippen molar-refractivity contribution in [1.29, 1.82) is 0 Å². The van der Waals surface area contributed by atoms with Crippen LogP contribution in [0.3, 0.4) is 0 Å². The molecular formula is C23H27N3O3. The third-order valence-electron chi connectivity index (χ3n) is 6.21. The Morgan fingerprint density at radius 2 is 2.07 bits per heavy atom. The Balaban J connectivity index is 1.49. The van der Waals surface area contributed by atoms with Gasteiger partial charge in [-0.3, -0.25) is 14.6 Å². The molecule has 4 rings (SSSR count). The molecule has 0 radical (unpaired) electrons. The summed E-state index contributed by atoms with van der Waals surface area (Å²) in [5.41, 5.74) is 1.96. The first-order valence-corrected chi connectivity index (χ1v) is 10.2. The molecule has 0 unspecified atom stereocenters. The molecule has 2 saturated heterocycles. The smallest absolute Gasteiger partial charge is 0.255 e. The first kappa shape index (κ1) is 19.4. The molecule has 152 valence electrons. The minimum atomic E-state index is -0.455. The van der Waals surface area contributed by atoms with Gasteiger partial charge in [-0.15, -0.1) is 0 Å². The topological polar surface area (TPSA) is 62.7 Å². The summed E-state index contributed by atoms with van der Waals surface area (Å²) >= 11 is 0. The number of carbonyl (C=O) groups is 2. The number of amides is 2. The van der Waals surface area contributed by atoms with Gasteiger partial charge >= 0.3 is 0 Å². The number of piperidine rings is 1. The molecule has 2 aliphatic heterocycles. The number of carbonyl (C=O) groups excluding carboxylic acids is 2. The molecule has 1 aromatic heterocycles. The van der Waals surface area contributed by atoms with Crippen LogP contribution in [0.15, 0.2) is 42.6 Å². The van der Waals surface area contributed by atoms with Gasteiger partial charge in [0.05, 0.1) is 18.1 Å². The van der Waals surface area contributed by atoms with Crippen LogP contribution in [0.5, 0.6) is 5.75 Å². The average molecular weight is 393 g/mol. The summed E-state index contributed by atoms with van der Waals surface area (Å²) < 4.78 is 5.30. The van der Waals surface area contributed by atoms with Gasteiger partial charge in [0.25, 0.3) is 5.91 Å². The molecule has 0 N–H and O–H groups in total. The van der Waals surface area contributed by atoms with Crippen LogP contribution in [-0.2, 0) is 11.3 Å². The standard InChI is InChI=1S/C23H27N3O3/c1-17-20(8-4-11-24-17)21(27)26-13-10-23(16-26)9-5-12-25(22(23)28)15-18-6-3-7-19(14-18)29-2/h3-4,6-8,11,14H,5,9-10,12-13,15-16H2,1-2H3/t23-/m0/s1. The van der Waals surface area contributed by atoms with Crippen LogP contribution in [0, 0.1) is 12.3 Å². The normalized spacial score (nSPS) is 21.7. The van der Waals surface area contributed by atoms with Gasteiger partial charge in [0.15, 0.2) is 0 Å². The SMILES string of the molecule is COc1cccc(CN2CCC[C@@]3(CCN(C(=O)c4cccnc4C)C3)C2=O)c1. The number of pyridine rings is 1. The fourth-order valence-corrected chi connectivity index (χ4v) is 4.60. The fraction of sp³-hybridized carbons (Fsp3) is 0.435. The molecule has 29 heavy (non-hydrogen) atoms. The van der Waals surface area contributed by atoms with Crippen molar-refractivity contribution in [1.82, 2.24) is 14.8 Å². The van der Waals surface area contributed by atoms with Gasteiger partial charge in [-0.1, -0.05) is 12.1 Å². The second-order valence-corrected chi connectivity index (χ2v) is 8.08. The summed E-state index contributed by atoms with van der Waals surface area (Å²) in [6.45, 7) is 4.29. The predicted octanol–water partition coefficient (Wildman–Crippen LogP) is 3.05. The second kappa shape index (κ2) is 7.85. The summed E-state index contributed by atoms with van der Waals surface area (Å²) in [5, 5.41) is 0. The molecule has 6 heteroatoms. The van der Waals surface area contributed by atoms with Crippen LogP contribution in [0.1, 0.15) is 40.9 Å². The lowest BCUT2D eigenvalue weighted by molar-refractivity contribution is -0.146.